The van der Waals surface area contributed by atoms with Crippen LogP contribution in [0.4, 0.5) is 0 Å². The number of carbonyl (C=O) groups excluding carboxylic acids is 3. The second-order valence-corrected chi connectivity index (χ2v) is 6.49. The summed E-state index contributed by atoms with van der Waals surface area (Å²) in [5, 5.41) is 11.3. The number of carbonyl (C=O) groups is 3. The van der Waals surface area contributed by atoms with Gasteiger partial charge in [-0.1, -0.05) is 17.2 Å². The molecule has 3 N–H and O–H groups in total. The summed E-state index contributed by atoms with van der Waals surface area (Å²) in [5.74, 6) is -1.11. The minimum atomic E-state index is -0.881. The zero-order valence-electron chi connectivity index (χ0n) is 16.4. The number of ether oxygens (including phenoxy) is 1. The molecule has 0 aliphatic carbocycles. The monoisotopic (exact) mass is 394 g/mol. The van der Waals surface area contributed by atoms with E-state index in [9.17, 15) is 14.4 Å². The number of hydrogen-bond acceptors (Lipinski definition) is 5. The van der Waals surface area contributed by atoms with Crippen LogP contribution in [0.1, 0.15) is 34.0 Å². The molecule has 0 fully saturated rings. The number of hydrazine groups is 1. The normalized spacial score (nSPS) is 11.0. The van der Waals surface area contributed by atoms with Crippen LogP contribution in [-0.4, -0.2) is 30.4 Å². The molecule has 0 radical (unpaired) electrons. The maximum absolute atomic E-state index is 12.1. The van der Waals surface area contributed by atoms with Gasteiger partial charge in [0, 0.05) is 5.56 Å². The minimum Gasteiger partial charge on any atom is -0.481 e. The Labute approximate surface area is 168 Å². The number of amides is 3. The van der Waals surface area contributed by atoms with Gasteiger partial charge in [0.2, 0.25) is 0 Å². The van der Waals surface area contributed by atoms with E-state index >= 15 is 0 Å². The number of aryl methyl sites for hydroxylation is 2. The van der Waals surface area contributed by atoms with E-state index in [-0.39, 0.29) is 12.5 Å². The summed E-state index contributed by atoms with van der Waals surface area (Å²) in [6, 6.07) is 13.7. The van der Waals surface area contributed by atoms with Gasteiger partial charge in [-0.25, -0.2) is 0 Å². The number of hydrogen-bond donors (Lipinski definition) is 3. The summed E-state index contributed by atoms with van der Waals surface area (Å²) < 4.78 is 5.44. The van der Waals surface area contributed by atoms with Gasteiger partial charge in [-0.05, 0) is 57.2 Å². The summed E-state index contributed by atoms with van der Waals surface area (Å²) >= 11 is 0. The number of rotatable bonds is 6. The van der Waals surface area contributed by atoms with Crippen molar-refractivity contribution in [1.82, 2.24) is 16.2 Å². The largest absolute Gasteiger partial charge is 0.481 e. The van der Waals surface area contributed by atoms with Gasteiger partial charge in [-0.2, -0.15) is 5.26 Å². The van der Waals surface area contributed by atoms with Crippen molar-refractivity contribution in [2.45, 2.75) is 26.9 Å². The molecule has 1 unspecified atom stereocenters. The van der Waals surface area contributed by atoms with Crippen molar-refractivity contribution in [2.24, 2.45) is 0 Å². The lowest BCUT2D eigenvalue weighted by Gasteiger charge is -2.15. The first-order valence-electron chi connectivity index (χ1n) is 8.90. The molecular formula is C21H22N4O4. The highest BCUT2D eigenvalue weighted by Gasteiger charge is 2.16. The van der Waals surface area contributed by atoms with Gasteiger partial charge < -0.3 is 10.1 Å². The van der Waals surface area contributed by atoms with Crippen molar-refractivity contribution in [3.63, 3.8) is 0 Å². The first-order valence-corrected chi connectivity index (χ1v) is 8.90. The number of nitrogens with one attached hydrogen (secondary N) is 3. The Morgan fingerprint density at radius 2 is 1.66 bits per heavy atom. The highest BCUT2D eigenvalue weighted by Crippen LogP contribution is 2.13. The zero-order chi connectivity index (χ0) is 21.4. The Balaban J connectivity index is 1.76. The quantitative estimate of drug-likeness (QED) is 0.642. The van der Waals surface area contributed by atoms with Gasteiger partial charge in [-0.15, -0.1) is 0 Å². The second kappa shape index (κ2) is 9.90. The predicted molar refractivity (Wildman–Crippen MR) is 106 cm³/mol. The lowest BCUT2D eigenvalue weighted by Crippen LogP contribution is -2.50. The molecular weight excluding hydrogens is 372 g/mol. The maximum Gasteiger partial charge on any atom is 0.279 e. The number of nitriles is 1. The lowest BCUT2D eigenvalue weighted by atomic mass is 10.1. The van der Waals surface area contributed by atoms with Crippen molar-refractivity contribution in [3.8, 4) is 11.8 Å². The molecule has 0 spiro atoms. The van der Waals surface area contributed by atoms with E-state index in [4.69, 9.17) is 10.00 Å². The van der Waals surface area contributed by atoms with Gasteiger partial charge in [0.15, 0.2) is 6.10 Å². The molecule has 0 aliphatic heterocycles. The van der Waals surface area contributed by atoms with Crippen LogP contribution < -0.4 is 20.9 Å². The average Bonchev–Trinajstić information content (AvgIpc) is 2.69. The van der Waals surface area contributed by atoms with E-state index in [1.807, 2.05) is 26.0 Å². The predicted octanol–water partition coefficient (Wildman–Crippen LogP) is 1.52. The minimum absolute atomic E-state index is 0.295. The van der Waals surface area contributed by atoms with Gasteiger partial charge in [0.1, 0.15) is 5.75 Å². The van der Waals surface area contributed by atoms with E-state index in [1.165, 1.54) is 6.92 Å². The molecule has 2 rings (SSSR count). The third-order valence-electron chi connectivity index (χ3n) is 3.88. The van der Waals surface area contributed by atoms with Crippen LogP contribution in [0.2, 0.25) is 0 Å². The van der Waals surface area contributed by atoms with Crippen LogP contribution in [0.3, 0.4) is 0 Å². The Morgan fingerprint density at radius 3 is 2.24 bits per heavy atom. The van der Waals surface area contributed by atoms with Crippen molar-refractivity contribution in [1.29, 1.82) is 5.26 Å². The molecule has 0 heterocycles. The van der Waals surface area contributed by atoms with Crippen molar-refractivity contribution in [2.75, 3.05) is 6.54 Å². The molecule has 3 amide bonds. The van der Waals surface area contributed by atoms with E-state index in [0.29, 0.717) is 16.9 Å². The zero-order valence-corrected chi connectivity index (χ0v) is 16.4. The van der Waals surface area contributed by atoms with E-state index < -0.39 is 17.9 Å². The standard InChI is InChI=1S/C21H22N4O4/c1-13-8-14(2)10-17(9-13)21(28)23-12-19(26)24-25-20(27)15(3)29-18-6-4-16(11-22)5-7-18/h4-10,15H,12H2,1-3H3,(H,23,28)(H,24,26)(H,25,27). The molecule has 2 aromatic rings. The molecule has 1 atom stereocenters. The molecule has 8 heteroatoms. The third kappa shape index (κ3) is 6.66. The smallest absolute Gasteiger partial charge is 0.279 e. The average molecular weight is 394 g/mol. The van der Waals surface area contributed by atoms with Gasteiger partial charge in [0.25, 0.3) is 17.7 Å². The molecule has 2 aromatic carbocycles. The molecule has 0 aromatic heterocycles. The van der Waals surface area contributed by atoms with Crippen molar-refractivity contribution in [3.05, 3.63) is 64.7 Å². The van der Waals surface area contributed by atoms with Gasteiger partial charge in [0.05, 0.1) is 18.2 Å². The summed E-state index contributed by atoms with van der Waals surface area (Å²) in [4.78, 5) is 36.0. The molecule has 0 aliphatic rings. The number of nitrogens with zero attached hydrogens (tertiary/aromatic N) is 1. The van der Waals surface area contributed by atoms with Crippen LogP contribution in [0.5, 0.6) is 5.75 Å². The highest BCUT2D eigenvalue weighted by molar-refractivity contribution is 5.97. The summed E-state index contributed by atoms with van der Waals surface area (Å²) in [5.41, 5.74) is 7.29. The van der Waals surface area contributed by atoms with Crippen molar-refractivity contribution < 1.29 is 19.1 Å². The van der Waals surface area contributed by atoms with E-state index in [0.717, 1.165) is 11.1 Å². The van der Waals surface area contributed by atoms with E-state index in [1.54, 1.807) is 36.4 Å². The van der Waals surface area contributed by atoms with Crippen LogP contribution >= 0.6 is 0 Å². The lowest BCUT2D eigenvalue weighted by molar-refractivity contribution is -0.132. The Hall–Kier alpha value is -3.86. The molecule has 150 valence electrons. The van der Waals surface area contributed by atoms with Crippen LogP contribution in [0.25, 0.3) is 0 Å². The first kappa shape index (κ1) is 21.4. The van der Waals surface area contributed by atoms with Crippen LogP contribution in [-0.2, 0) is 9.59 Å². The fourth-order valence-electron chi connectivity index (χ4n) is 2.51. The van der Waals surface area contributed by atoms with Crippen LogP contribution in [0, 0.1) is 25.2 Å². The Morgan fingerprint density at radius 1 is 1.03 bits per heavy atom. The summed E-state index contributed by atoms with van der Waals surface area (Å²) in [6.07, 6.45) is -0.881. The SMILES string of the molecule is Cc1cc(C)cc(C(=O)NCC(=O)NNC(=O)C(C)Oc2ccc(C#N)cc2)c1. The molecule has 0 bridgehead atoms. The molecule has 29 heavy (non-hydrogen) atoms. The van der Waals surface area contributed by atoms with Gasteiger partial charge >= 0.3 is 0 Å². The maximum atomic E-state index is 12.1. The summed E-state index contributed by atoms with van der Waals surface area (Å²) in [6.45, 7) is 4.98. The van der Waals surface area contributed by atoms with Crippen LogP contribution in [0.15, 0.2) is 42.5 Å². The molecule has 0 saturated carbocycles. The Kier molecular flexibility index (Phi) is 7.32. The Bertz CT molecular complexity index is 928. The first-order chi connectivity index (χ1) is 13.8. The van der Waals surface area contributed by atoms with E-state index in [2.05, 4.69) is 16.2 Å². The molecule has 0 saturated heterocycles. The summed E-state index contributed by atoms with van der Waals surface area (Å²) in [7, 11) is 0. The number of benzene rings is 2. The second-order valence-electron chi connectivity index (χ2n) is 6.49. The molecule has 8 nitrogen and oxygen atoms in total. The fourth-order valence-corrected chi connectivity index (χ4v) is 2.51. The fraction of sp³-hybridized carbons (Fsp3) is 0.238. The van der Waals surface area contributed by atoms with Crippen molar-refractivity contribution >= 4 is 17.7 Å². The third-order valence-corrected chi connectivity index (χ3v) is 3.88. The topological polar surface area (TPSA) is 120 Å². The van der Waals surface area contributed by atoms with Gasteiger partial charge in [-0.3, -0.25) is 25.2 Å². The highest BCUT2D eigenvalue weighted by atomic mass is 16.5.